The number of ether oxygens (including phenoxy) is 2. The lowest BCUT2D eigenvalue weighted by atomic mass is 9.81. The van der Waals surface area contributed by atoms with E-state index in [9.17, 15) is 22.8 Å². The summed E-state index contributed by atoms with van der Waals surface area (Å²) in [6.45, 7) is 7.50. The van der Waals surface area contributed by atoms with E-state index < -0.39 is 41.8 Å². The first-order valence-electron chi connectivity index (χ1n) is 14.7. The Kier molecular flexibility index (Phi) is 10.5. The summed E-state index contributed by atoms with van der Waals surface area (Å²) in [5, 5.41) is 10.1. The summed E-state index contributed by atoms with van der Waals surface area (Å²) in [5.41, 5.74) is 0.879. The van der Waals surface area contributed by atoms with Crippen molar-refractivity contribution in [3.05, 3.63) is 47.0 Å². The van der Waals surface area contributed by atoms with Crippen LogP contribution in [0.5, 0.6) is 0 Å². The van der Waals surface area contributed by atoms with Crippen LogP contribution < -0.4 is 10.6 Å². The second-order valence-corrected chi connectivity index (χ2v) is 12.6. The smallest absolute Gasteiger partial charge is 0.413 e. The number of alkyl carbamates (subject to hydrolysis) is 1. The number of aromatic nitrogens is 4. The molecule has 2 N–H and O–H groups in total. The van der Waals surface area contributed by atoms with Crippen LogP contribution in [0.3, 0.4) is 0 Å². The van der Waals surface area contributed by atoms with Crippen molar-refractivity contribution < 1.29 is 32.2 Å². The Morgan fingerprint density at radius 2 is 1.78 bits per heavy atom. The molecule has 0 unspecified atom stereocenters. The second-order valence-electron chi connectivity index (χ2n) is 12.3. The van der Waals surface area contributed by atoms with Crippen LogP contribution in [0.1, 0.15) is 76.8 Å². The molecule has 0 aliphatic heterocycles. The maximum atomic E-state index is 14.4. The zero-order chi connectivity index (χ0) is 33.1. The van der Waals surface area contributed by atoms with Gasteiger partial charge in [-0.2, -0.15) is 22.7 Å². The Hall–Kier alpha value is -3.65. The average Bonchev–Trinajstić information content (AvgIpc) is 3.35. The lowest BCUT2D eigenvalue weighted by molar-refractivity contribution is -0.191. The predicted molar refractivity (Wildman–Crippen MR) is 162 cm³/mol. The number of carbonyl (C=O) groups is 2. The molecule has 1 aliphatic carbocycles. The lowest BCUT2D eigenvalue weighted by Gasteiger charge is -2.35. The molecule has 1 aliphatic rings. The molecule has 2 atom stereocenters. The minimum Gasteiger partial charge on any atom is -0.444 e. The van der Waals surface area contributed by atoms with E-state index >= 15 is 0 Å². The van der Waals surface area contributed by atoms with Crippen LogP contribution >= 0.6 is 11.6 Å². The van der Waals surface area contributed by atoms with Crippen molar-refractivity contribution >= 4 is 40.8 Å². The molecule has 2 amide bonds. The molecule has 1 fully saturated rings. The van der Waals surface area contributed by atoms with Gasteiger partial charge in [-0.05, 0) is 88.6 Å². The summed E-state index contributed by atoms with van der Waals surface area (Å²) < 4.78 is 55.4. The molecule has 11 nitrogen and oxygen atoms in total. The number of nitrogens with one attached hydrogen (secondary N) is 2. The monoisotopic (exact) mass is 653 g/mol. The Morgan fingerprint density at radius 3 is 2.36 bits per heavy atom. The first kappa shape index (κ1) is 34.2. The standard InChI is InChI=1S/C30H39ClF3N7O4/c1-17(44-6)23-22(16-35-27-38-26(31)39-41(23)27)37-21-13-11-19(12-14-21)24(30(32,33)34)40(5)25(42)20-9-7-18(8-10-20)15-36-28(43)45-29(2,3)4/h11-14,16-18,20,24,37H,7-10,15H2,1-6H3,(H,36,43)/t17-,18?,20?,24-/m0/s1. The number of methoxy groups -OCH3 is 1. The van der Waals surface area contributed by atoms with E-state index in [0.29, 0.717) is 49.3 Å². The van der Waals surface area contributed by atoms with Gasteiger partial charge in [0.05, 0.1) is 23.7 Å². The number of fused-ring (bicyclic) bond motifs is 1. The number of carbonyl (C=O) groups excluding carboxylic acids is 2. The fourth-order valence-corrected chi connectivity index (χ4v) is 5.68. The first-order chi connectivity index (χ1) is 21.1. The van der Waals surface area contributed by atoms with Crippen molar-refractivity contribution in [2.75, 3.05) is 26.0 Å². The number of benzene rings is 1. The first-order valence-corrected chi connectivity index (χ1v) is 15.1. The van der Waals surface area contributed by atoms with Crippen LogP contribution in [-0.2, 0) is 14.3 Å². The highest BCUT2D eigenvalue weighted by Gasteiger charge is 2.46. The zero-order valence-electron chi connectivity index (χ0n) is 26.1. The van der Waals surface area contributed by atoms with E-state index in [4.69, 9.17) is 21.1 Å². The predicted octanol–water partition coefficient (Wildman–Crippen LogP) is 6.62. The second kappa shape index (κ2) is 13.8. The molecular weight excluding hydrogens is 615 g/mol. The van der Waals surface area contributed by atoms with Crippen molar-refractivity contribution in [3.63, 3.8) is 0 Å². The van der Waals surface area contributed by atoms with Gasteiger partial charge in [-0.15, -0.1) is 5.10 Å². The summed E-state index contributed by atoms with van der Waals surface area (Å²) in [6.07, 6.45) is -2.03. The molecule has 2 aromatic heterocycles. The molecule has 4 rings (SSSR count). The third kappa shape index (κ3) is 8.54. The van der Waals surface area contributed by atoms with E-state index in [-0.39, 0.29) is 22.5 Å². The average molecular weight is 654 g/mol. The van der Waals surface area contributed by atoms with Gasteiger partial charge in [-0.25, -0.2) is 9.78 Å². The minimum absolute atomic E-state index is 0.00802. The van der Waals surface area contributed by atoms with E-state index in [1.54, 1.807) is 27.7 Å². The number of alkyl halides is 3. The molecule has 0 radical (unpaired) electrons. The Balaban J connectivity index is 1.43. The molecular formula is C30H39ClF3N7O4. The van der Waals surface area contributed by atoms with E-state index in [1.807, 2.05) is 0 Å². The molecule has 0 spiro atoms. The van der Waals surface area contributed by atoms with Crippen molar-refractivity contribution in [2.45, 2.75) is 77.3 Å². The van der Waals surface area contributed by atoms with Crippen LogP contribution in [0.25, 0.3) is 5.78 Å². The van der Waals surface area contributed by atoms with Crippen LogP contribution in [0.15, 0.2) is 30.5 Å². The van der Waals surface area contributed by atoms with Crippen molar-refractivity contribution in [1.29, 1.82) is 0 Å². The number of halogens is 4. The summed E-state index contributed by atoms with van der Waals surface area (Å²) >= 11 is 5.96. The Bertz CT molecular complexity index is 1490. The van der Waals surface area contributed by atoms with Gasteiger partial charge in [0.2, 0.25) is 11.2 Å². The van der Waals surface area contributed by atoms with E-state index in [2.05, 4.69) is 25.7 Å². The third-order valence-corrected chi connectivity index (χ3v) is 7.96. The van der Waals surface area contributed by atoms with Crippen LogP contribution in [0, 0.1) is 11.8 Å². The molecule has 0 bridgehead atoms. The van der Waals surface area contributed by atoms with Crippen LogP contribution in [-0.4, -0.2) is 69.0 Å². The summed E-state index contributed by atoms with van der Waals surface area (Å²) in [7, 11) is 2.73. The lowest BCUT2D eigenvalue weighted by Crippen LogP contribution is -2.43. The van der Waals surface area contributed by atoms with Crippen molar-refractivity contribution in [2.24, 2.45) is 11.8 Å². The van der Waals surface area contributed by atoms with Gasteiger partial charge in [0, 0.05) is 32.3 Å². The quantitative estimate of drug-likeness (QED) is 0.264. The fraction of sp³-hybridized carbons (Fsp3) is 0.567. The Morgan fingerprint density at radius 1 is 1.13 bits per heavy atom. The fourth-order valence-electron chi connectivity index (χ4n) is 5.53. The highest BCUT2D eigenvalue weighted by atomic mass is 35.5. The number of nitrogens with zero attached hydrogens (tertiary/aromatic N) is 5. The molecule has 246 valence electrons. The van der Waals surface area contributed by atoms with Crippen molar-refractivity contribution in [1.82, 2.24) is 29.8 Å². The number of amides is 2. The van der Waals surface area contributed by atoms with Gasteiger partial charge in [0.1, 0.15) is 5.60 Å². The third-order valence-electron chi connectivity index (χ3n) is 7.80. The molecule has 2 heterocycles. The maximum Gasteiger partial charge on any atom is 0.413 e. The van der Waals surface area contributed by atoms with Gasteiger partial charge in [0.25, 0.3) is 5.78 Å². The normalized spacial score (nSPS) is 18.7. The maximum absolute atomic E-state index is 14.4. The summed E-state index contributed by atoms with van der Waals surface area (Å²) in [5.74, 6) is -0.698. The number of rotatable bonds is 9. The molecule has 15 heteroatoms. The molecule has 45 heavy (non-hydrogen) atoms. The van der Waals surface area contributed by atoms with Gasteiger partial charge >= 0.3 is 12.3 Å². The highest BCUT2D eigenvalue weighted by Crippen LogP contribution is 2.40. The topological polar surface area (TPSA) is 123 Å². The molecule has 1 aromatic carbocycles. The number of anilines is 2. The Labute approximate surface area is 264 Å². The van der Waals surface area contributed by atoms with Gasteiger partial charge in [-0.1, -0.05) is 12.1 Å². The minimum atomic E-state index is -4.70. The number of hydrogen-bond acceptors (Lipinski definition) is 8. The summed E-state index contributed by atoms with van der Waals surface area (Å²) in [4.78, 5) is 34.4. The zero-order valence-corrected chi connectivity index (χ0v) is 26.9. The molecule has 0 saturated heterocycles. The highest BCUT2D eigenvalue weighted by molar-refractivity contribution is 6.28. The summed E-state index contributed by atoms with van der Waals surface area (Å²) in [6, 6.07) is 3.59. The van der Waals surface area contributed by atoms with Crippen molar-refractivity contribution in [3.8, 4) is 0 Å². The molecule has 3 aromatic rings. The van der Waals surface area contributed by atoms with Gasteiger partial charge in [0.15, 0.2) is 6.04 Å². The van der Waals surface area contributed by atoms with Crippen LogP contribution in [0.4, 0.5) is 29.3 Å². The largest absolute Gasteiger partial charge is 0.444 e. The van der Waals surface area contributed by atoms with E-state index in [1.165, 1.54) is 49.1 Å². The van der Waals surface area contributed by atoms with Crippen LogP contribution in [0.2, 0.25) is 5.28 Å². The molecule has 1 saturated carbocycles. The number of hydrogen-bond donors (Lipinski definition) is 2. The van der Waals surface area contributed by atoms with Gasteiger partial charge < -0.3 is 25.0 Å². The van der Waals surface area contributed by atoms with Gasteiger partial charge in [-0.3, -0.25) is 4.79 Å². The SMILES string of the molecule is CO[C@@H](C)c1c(Nc2ccc([C@H](N(C)C(=O)C3CCC(CNC(=O)OC(C)(C)C)CC3)C(F)(F)F)cc2)cnc2nc(Cl)nn12. The van der Waals surface area contributed by atoms with E-state index in [0.717, 1.165) is 4.90 Å².